The first-order valence-corrected chi connectivity index (χ1v) is 35.6. The van der Waals surface area contributed by atoms with Crippen LogP contribution >= 0.6 is 11.8 Å². The molecular weight excluding hydrogens is 1310 g/mol. The van der Waals surface area contributed by atoms with Crippen molar-refractivity contribution >= 4 is 23.7 Å². The minimum atomic E-state index is -1.42. The lowest BCUT2D eigenvalue weighted by Gasteiger charge is -2.50. The number of esters is 2. The van der Waals surface area contributed by atoms with Crippen molar-refractivity contribution in [3.05, 3.63) is 317 Å². The predicted molar refractivity (Wildman–Crippen MR) is 383 cm³/mol. The fourth-order valence-corrected chi connectivity index (χ4v) is 13.8. The molecule has 0 saturated carbocycles. The van der Waals surface area contributed by atoms with Crippen LogP contribution in [0.5, 0.6) is 0 Å². The Balaban J connectivity index is 0.951. The van der Waals surface area contributed by atoms with Crippen molar-refractivity contribution in [1.82, 2.24) is 0 Å². The average Bonchev–Trinajstić information content (AvgIpc) is 0.767. The molecule has 0 amide bonds. The minimum Gasteiger partial charge on any atom is -0.454 e. The van der Waals surface area contributed by atoms with Gasteiger partial charge in [-0.15, -0.1) is 0 Å². The first-order valence-electron chi connectivity index (χ1n) is 34.7. The summed E-state index contributed by atoms with van der Waals surface area (Å²) in [6, 6.07) is 88.3. The molecule has 3 fully saturated rings. The van der Waals surface area contributed by atoms with E-state index in [1.807, 2.05) is 273 Å². The molecule has 0 spiro atoms. The maximum Gasteiger partial charge on any atom is 0.303 e. The van der Waals surface area contributed by atoms with Crippen LogP contribution < -0.4 is 0 Å². The third kappa shape index (κ3) is 21.7. The summed E-state index contributed by atoms with van der Waals surface area (Å²) in [5.41, 5.74) is 6.29. The van der Waals surface area contributed by atoms with Gasteiger partial charge in [-0.1, -0.05) is 273 Å². The number of carbonyl (C=O) groups is 2. The van der Waals surface area contributed by atoms with Gasteiger partial charge in [0.15, 0.2) is 24.8 Å². The molecule has 18 heteroatoms. The Morgan fingerprint density at radius 3 is 0.902 bits per heavy atom. The molecule has 3 saturated heterocycles. The first-order chi connectivity index (χ1) is 50.2. The van der Waals surface area contributed by atoms with E-state index in [1.54, 1.807) is 0 Å². The molecule has 9 aromatic rings. The molecule has 102 heavy (non-hydrogen) atoms. The van der Waals surface area contributed by atoms with Crippen LogP contribution in [0, 0.1) is 0 Å². The quantitative estimate of drug-likeness (QED) is 0.0343. The number of carbonyl (C=O) groups excluding carboxylic acids is 2. The Bertz CT molecular complexity index is 3840. The summed E-state index contributed by atoms with van der Waals surface area (Å²) in [6.45, 7) is 3.70. The SMILES string of the molecule is CC(=O)OC1[C@@H](OCC2O[C@H](Sc3ccccc3)C(OCc3ccccc3)[C@@H](O[C@@H]3OC(COCc4ccccc4)[C@@H](OCc4ccccc4)[C@H](OCc4ccccc4)C3OC(C)=O)[C@@H]2OCc2ccccc2)OC(COCc2ccccc2)[C@@H](OCc2ccccc2)[C@@H]1OCc1ccccc1. The van der Waals surface area contributed by atoms with Crippen LogP contribution in [0.3, 0.4) is 0 Å². The van der Waals surface area contributed by atoms with E-state index in [-0.39, 0.29) is 72.7 Å². The predicted octanol–water partition coefficient (Wildman–Crippen LogP) is 14.2. The zero-order valence-corrected chi connectivity index (χ0v) is 58.1. The lowest BCUT2D eigenvalue weighted by molar-refractivity contribution is -0.358. The maximum atomic E-state index is 13.9. The second-order valence-electron chi connectivity index (χ2n) is 25.2. The standard InChI is InChI=1S/C84H88O17S/c1-59(85)96-79-76(92-53-66-40-22-8-23-41-66)73(89-50-63-34-16-5-17-35-63)70(56-87-48-61-30-12-3-13-31-61)98-82(79)95-58-72-75(91-52-65-38-20-7-21-39-65)78(81(94-55-68-44-26-10-27-45-68)84(100-72)102-69-46-28-11-29-47-69)101-83-80(97-60(2)86)77(93-54-67-42-24-9-25-43-67)74(90-51-64-36-18-6-19-37-64)71(99-83)57-88-49-62-32-14-4-15-33-62/h3-47,70-84H,48-58H2,1-2H3/t70?,71?,72?,73-,74-,75-,76+,77+,78+,79?,80?,81?,82+,83+,84-/m1/s1. The van der Waals surface area contributed by atoms with E-state index in [0.717, 1.165) is 49.4 Å². The zero-order valence-electron chi connectivity index (χ0n) is 57.3. The maximum absolute atomic E-state index is 13.9. The smallest absolute Gasteiger partial charge is 0.303 e. The molecule has 12 rings (SSSR count). The molecular formula is C84H88O17S. The second kappa shape index (κ2) is 38.9. The van der Waals surface area contributed by atoms with Crippen LogP contribution in [0.25, 0.3) is 0 Å². The van der Waals surface area contributed by atoms with E-state index in [9.17, 15) is 9.59 Å². The van der Waals surface area contributed by atoms with Gasteiger partial charge in [0.05, 0.1) is 72.7 Å². The zero-order chi connectivity index (χ0) is 69.9. The van der Waals surface area contributed by atoms with Crippen LogP contribution in [-0.4, -0.2) is 123 Å². The Morgan fingerprint density at radius 2 is 0.559 bits per heavy atom. The van der Waals surface area contributed by atoms with Gasteiger partial charge in [0, 0.05) is 18.7 Å². The number of hydrogen-bond acceptors (Lipinski definition) is 18. The summed E-state index contributed by atoms with van der Waals surface area (Å²) >= 11 is 1.43. The Hall–Kier alpha value is -8.25. The normalized spacial score (nSPS) is 24.9. The molecule has 17 nitrogen and oxygen atoms in total. The van der Waals surface area contributed by atoms with Gasteiger partial charge in [0.25, 0.3) is 0 Å². The molecule has 0 N–H and O–H groups in total. The highest BCUT2D eigenvalue weighted by atomic mass is 32.2. The third-order valence-electron chi connectivity index (χ3n) is 17.6. The fraction of sp³-hybridized carbons (Fsp3) is 0.333. The third-order valence-corrected chi connectivity index (χ3v) is 18.7. The number of rotatable bonds is 35. The molecule has 3 aliphatic heterocycles. The average molecular weight is 1400 g/mol. The highest BCUT2D eigenvalue weighted by Crippen LogP contribution is 2.42. The topological polar surface area (TPSA) is 173 Å². The van der Waals surface area contributed by atoms with E-state index in [2.05, 4.69) is 0 Å². The molecule has 3 aliphatic rings. The van der Waals surface area contributed by atoms with E-state index in [1.165, 1.54) is 25.6 Å². The van der Waals surface area contributed by atoms with E-state index in [4.69, 9.17) is 71.1 Å². The summed E-state index contributed by atoms with van der Waals surface area (Å²) in [7, 11) is 0. The van der Waals surface area contributed by atoms with Gasteiger partial charge < -0.3 is 71.1 Å². The number of ether oxygens (including phenoxy) is 15. The molecule has 15 atom stereocenters. The van der Waals surface area contributed by atoms with E-state index < -0.39 is 103 Å². The summed E-state index contributed by atoms with van der Waals surface area (Å²) in [5.74, 6) is -1.22. The van der Waals surface area contributed by atoms with Crippen LogP contribution in [0.15, 0.2) is 278 Å². The lowest BCUT2D eigenvalue weighted by atomic mass is 9.96. The van der Waals surface area contributed by atoms with Crippen molar-refractivity contribution in [2.75, 3.05) is 19.8 Å². The lowest BCUT2D eigenvalue weighted by Crippen LogP contribution is -2.66. The minimum absolute atomic E-state index is 0.00217. The van der Waals surface area contributed by atoms with Crippen LogP contribution in [0.1, 0.15) is 58.4 Å². The molecule has 0 aliphatic carbocycles. The largest absolute Gasteiger partial charge is 0.454 e. The van der Waals surface area contributed by atoms with Gasteiger partial charge in [-0.3, -0.25) is 9.59 Å². The van der Waals surface area contributed by atoms with E-state index in [0.29, 0.717) is 0 Å². The van der Waals surface area contributed by atoms with E-state index >= 15 is 0 Å². The molecule has 0 aromatic heterocycles. The van der Waals surface area contributed by atoms with Gasteiger partial charge in [0.2, 0.25) is 0 Å². The van der Waals surface area contributed by atoms with Gasteiger partial charge in [-0.25, -0.2) is 0 Å². The molecule has 0 radical (unpaired) electrons. The number of benzene rings is 9. The monoisotopic (exact) mass is 1400 g/mol. The highest BCUT2D eigenvalue weighted by Gasteiger charge is 2.57. The molecule has 3 heterocycles. The summed E-state index contributed by atoms with van der Waals surface area (Å²) in [5, 5.41) is 0. The van der Waals surface area contributed by atoms with Gasteiger partial charge in [0.1, 0.15) is 66.5 Å². The Morgan fingerprint density at radius 1 is 0.284 bits per heavy atom. The van der Waals surface area contributed by atoms with Crippen molar-refractivity contribution in [2.45, 2.75) is 163 Å². The van der Waals surface area contributed by atoms with Crippen molar-refractivity contribution in [3.63, 3.8) is 0 Å². The fourth-order valence-electron chi connectivity index (χ4n) is 12.6. The molecule has 0 bridgehead atoms. The second-order valence-corrected chi connectivity index (χ2v) is 26.4. The highest BCUT2D eigenvalue weighted by molar-refractivity contribution is 7.99. The van der Waals surface area contributed by atoms with Crippen molar-refractivity contribution in [2.24, 2.45) is 0 Å². The van der Waals surface area contributed by atoms with Gasteiger partial charge >= 0.3 is 11.9 Å². The summed E-state index contributed by atoms with van der Waals surface area (Å²) in [4.78, 5) is 28.5. The molecule has 532 valence electrons. The molecule has 6 unspecified atom stereocenters. The summed E-state index contributed by atoms with van der Waals surface area (Å²) < 4.78 is 105. The van der Waals surface area contributed by atoms with Crippen molar-refractivity contribution in [1.29, 1.82) is 0 Å². The van der Waals surface area contributed by atoms with Crippen LogP contribution in [0.2, 0.25) is 0 Å². The number of hydrogen-bond donors (Lipinski definition) is 0. The van der Waals surface area contributed by atoms with Gasteiger partial charge in [-0.05, 0) is 56.6 Å². The van der Waals surface area contributed by atoms with Crippen molar-refractivity contribution in [3.8, 4) is 0 Å². The summed E-state index contributed by atoms with van der Waals surface area (Å²) in [6.07, 6.45) is -15.1. The first kappa shape index (κ1) is 73.5. The Kier molecular flexibility index (Phi) is 28.0. The molecule has 9 aromatic carbocycles. The van der Waals surface area contributed by atoms with Crippen LogP contribution in [-0.2, 0) is 133 Å². The van der Waals surface area contributed by atoms with Crippen molar-refractivity contribution < 1.29 is 80.6 Å². The van der Waals surface area contributed by atoms with Gasteiger partial charge in [-0.2, -0.15) is 0 Å². The Labute approximate surface area is 601 Å². The van der Waals surface area contributed by atoms with Crippen LogP contribution in [0.4, 0.5) is 0 Å². The number of thioether (sulfide) groups is 1.